The third-order valence-electron chi connectivity index (χ3n) is 1.40. The Morgan fingerprint density at radius 2 is 2.29 bits per heavy atom. The topological polar surface area (TPSA) is 17.1 Å². The summed E-state index contributed by atoms with van der Waals surface area (Å²) in [5, 5.41) is -0.160. The smallest absolute Gasteiger partial charge is 0.224 e. The largest absolute Gasteiger partial charge is 0.281 e. The van der Waals surface area contributed by atoms with Gasteiger partial charge in [0.05, 0.1) is 0 Å². The van der Waals surface area contributed by atoms with E-state index < -0.39 is 0 Å². The zero-order chi connectivity index (χ0) is 5.44. The van der Waals surface area contributed by atoms with E-state index in [1.807, 2.05) is 6.92 Å². The normalized spacial score (nSPS) is 38.0. The Kier molecular flexibility index (Phi) is 1.08. The van der Waals surface area contributed by atoms with Crippen molar-refractivity contribution in [2.75, 3.05) is 0 Å². The molecule has 0 aromatic carbocycles. The van der Waals surface area contributed by atoms with Crippen LogP contribution in [0.15, 0.2) is 0 Å². The van der Waals surface area contributed by atoms with Gasteiger partial charge in [-0.2, -0.15) is 0 Å². The molecule has 1 nitrogen and oxygen atoms in total. The zero-order valence-electron chi connectivity index (χ0n) is 4.15. The van der Waals surface area contributed by atoms with Crippen LogP contribution in [-0.2, 0) is 4.79 Å². The summed E-state index contributed by atoms with van der Waals surface area (Å²) < 4.78 is 0. The highest BCUT2D eigenvalue weighted by Crippen LogP contribution is 2.39. The molecule has 0 N–H and O–H groups in total. The van der Waals surface area contributed by atoms with Crippen molar-refractivity contribution < 1.29 is 4.79 Å². The van der Waals surface area contributed by atoms with Gasteiger partial charge in [-0.3, -0.25) is 4.79 Å². The van der Waals surface area contributed by atoms with Crippen LogP contribution < -0.4 is 0 Å². The molecule has 7 heavy (non-hydrogen) atoms. The number of halogens is 1. The maximum Gasteiger partial charge on any atom is 0.224 e. The fraction of sp³-hybridized carbons (Fsp3) is 0.800. The molecule has 0 aromatic rings. The first-order valence-electron chi connectivity index (χ1n) is 2.41. The Balaban J connectivity index is 2.33. The van der Waals surface area contributed by atoms with Crippen LogP contribution >= 0.6 is 11.6 Å². The molecule has 1 rings (SSSR count). The molecule has 0 amide bonds. The van der Waals surface area contributed by atoms with Crippen molar-refractivity contribution in [2.45, 2.75) is 13.3 Å². The van der Waals surface area contributed by atoms with E-state index in [9.17, 15) is 4.79 Å². The summed E-state index contributed by atoms with van der Waals surface area (Å²) >= 11 is 5.13. The van der Waals surface area contributed by atoms with Crippen molar-refractivity contribution in [3.8, 4) is 0 Å². The molecule has 40 valence electrons. The lowest BCUT2D eigenvalue weighted by Crippen LogP contribution is -1.87. The first-order chi connectivity index (χ1) is 3.22. The van der Waals surface area contributed by atoms with E-state index in [4.69, 9.17) is 11.6 Å². The summed E-state index contributed by atoms with van der Waals surface area (Å²) in [5.41, 5.74) is 0. The first kappa shape index (κ1) is 5.10. The van der Waals surface area contributed by atoms with Crippen LogP contribution in [0.5, 0.6) is 0 Å². The monoisotopic (exact) mass is 118 g/mol. The van der Waals surface area contributed by atoms with Crippen LogP contribution in [-0.4, -0.2) is 5.24 Å². The minimum absolute atomic E-state index is 0.160. The number of hydrogen-bond acceptors (Lipinski definition) is 1. The molecule has 0 saturated heterocycles. The molecule has 0 radical (unpaired) electrons. The van der Waals surface area contributed by atoms with Gasteiger partial charge in [-0.05, 0) is 23.9 Å². The van der Waals surface area contributed by atoms with Gasteiger partial charge in [0, 0.05) is 5.92 Å². The van der Waals surface area contributed by atoms with E-state index in [-0.39, 0.29) is 11.2 Å². The van der Waals surface area contributed by atoms with E-state index in [1.165, 1.54) is 0 Å². The van der Waals surface area contributed by atoms with Crippen molar-refractivity contribution in [1.82, 2.24) is 0 Å². The van der Waals surface area contributed by atoms with Gasteiger partial charge in [0.1, 0.15) is 0 Å². The SMILES string of the molecule is C[C@H]1C[C@@H]1C(=O)Cl. The molecule has 0 spiro atoms. The van der Waals surface area contributed by atoms with Crippen molar-refractivity contribution in [1.29, 1.82) is 0 Å². The molecule has 1 fully saturated rings. The van der Waals surface area contributed by atoms with E-state index in [2.05, 4.69) is 0 Å². The Bertz CT molecular complexity index is 100. The van der Waals surface area contributed by atoms with E-state index in [1.54, 1.807) is 0 Å². The van der Waals surface area contributed by atoms with Crippen LogP contribution in [0.1, 0.15) is 13.3 Å². The second-order valence-electron chi connectivity index (χ2n) is 2.12. The molecule has 2 heteroatoms. The molecule has 0 bridgehead atoms. The molecule has 1 aliphatic carbocycles. The van der Waals surface area contributed by atoms with Crippen LogP contribution in [0, 0.1) is 11.8 Å². The van der Waals surface area contributed by atoms with E-state index in [0.29, 0.717) is 5.92 Å². The Morgan fingerprint density at radius 1 is 1.86 bits per heavy atom. The summed E-state index contributed by atoms with van der Waals surface area (Å²) in [7, 11) is 0. The Hall–Kier alpha value is -0.0400. The third kappa shape index (κ3) is 0.942. The van der Waals surface area contributed by atoms with Crippen LogP contribution in [0.25, 0.3) is 0 Å². The van der Waals surface area contributed by atoms with Crippen LogP contribution in [0.2, 0.25) is 0 Å². The molecular formula is C5H7ClO. The van der Waals surface area contributed by atoms with Crippen molar-refractivity contribution in [3.63, 3.8) is 0 Å². The minimum Gasteiger partial charge on any atom is -0.281 e. The zero-order valence-corrected chi connectivity index (χ0v) is 4.90. The predicted octanol–water partition coefficient (Wildman–Crippen LogP) is 1.41. The molecule has 2 atom stereocenters. The van der Waals surface area contributed by atoms with E-state index in [0.717, 1.165) is 6.42 Å². The molecule has 0 aromatic heterocycles. The quantitative estimate of drug-likeness (QED) is 0.476. The van der Waals surface area contributed by atoms with Crippen molar-refractivity contribution >= 4 is 16.8 Å². The lowest BCUT2D eigenvalue weighted by atomic mass is 10.4. The second-order valence-corrected chi connectivity index (χ2v) is 2.50. The van der Waals surface area contributed by atoms with E-state index >= 15 is 0 Å². The van der Waals surface area contributed by atoms with Crippen LogP contribution in [0.4, 0.5) is 0 Å². The lowest BCUT2D eigenvalue weighted by Gasteiger charge is -1.77. The number of carbonyl (C=O) groups is 1. The molecule has 0 aliphatic heterocycles. The highest BCUT2D eigenvalue weighted by Gasteiger charge is 2.37. The minimum atomic E-state index is -0.160. The summed E-state index contributed by atoms with van der Waals surface area (Å²) in [6, 6.07) is 0. The highest BCUT2D eigenvalue weighted by molar-refractivity contribution is 6.64. The lowest BCUT2D eigenvalue weighted by molar-refractivity contribution is -0.112. The maximum absolute atomic E-state index is 10.2. The number of carbonyl (C=O) groups excluding carboxylic acids is 1. The van der Waals surface area contributed by atoms with Gasteiger partial charge in [-0.1, -0.05) is 6.92 Å². The highest BCUT2D eigenvalue weighted by atomic mass is 35.5. The van der Waals surface area contributed by atoms with Gasteiger partial charge in [0.25, 0.3) is 0 Å². The average Bonchev–Trinajstić information content (AvgIpc) is 2.17. The number of rotatable bonds is 1. The molecule has 0 heterocycles. The summed E-state index contributed by atoms with van der Waals surface area (Å²) in [5.74, 6) is 0.756. The molecule has 1 aliphatic rings. The predicted molar refractivity (Wildman–Crippen MR) is 28.1 cm³/mol. The second kappa shape index (κ2) is 1.48. The molecular weight excluding hydrogens is 112 g/mol. The van der Waals surface area contributed by atoms with Crippen molar-refractivity contribution in [3.05, 3.63) is 0 Å². The van der Waals surface area contributed by atoms with Gasteiger partial charge in [-0.25, -0.2) is 0 Å². The molecule has 0 unspecified atom stereocenters. The standard InChI is InChI=1S/C5H7ClO/c1-3-2-4(3)5(6)7/h3-4H,2H2,1H3/t3-,4-/m0/s1. The van der Waals surface area contributed by atoms with Gasteiger partial charge in [0.2, 0.25) is 5.24 Å². The summed E-state index contributed by atoms with van der Waals surface area (Å²) in [6.45, 7) is 2.03. The number of hydrogen-bond donors (Lipinski definition) is 0. The third-order valence-corrected chi connectivity index (χ3v) is 1.68. The van der Waals surface area contributed by atoms with Gasteiger partial charge >= 0.3 is 0 Å². The van der Waals surface area contributed by atoms with Crippen LogP contribution in [0.3, 0.4) is 0 Å². The summed E-state index contributed by atoms with van der Waals surface area (Å²) in [4.78, 5) is 10.2. The Labute approximate surface area is 47.7 Å². The van der Waals surface area contributed by atoms with Gasteiger partial charge in [0.15, 0.2) is 0 Å². The average molecular weight is 119 g/mol. The van der Waals surface area contributed by atoms with Gasteiger partial charge in [-0.15, -0.1) is 0 Å². The first-order valence-corrected chi connectivity index (χ1v) is 2.79. The molecule has 1 saturated carbocycles. The summed E-state index contributed by atoms with van der Waals surface area (Å²) in [6.07, 6.45) is 1.00. The maximum atomic E-state index is 10.2. The Morgan fingerprint density at radius 3 is 2.29 bits per heavy atom. The fourth-order valence-corrected chi connectivity index (χ4v) is 0.942. The fourth-order valence-electron chi connectivity index (χ4n) is 0.638. The van der Waals surface area contributed by atoms with Crippen molar-refractivity contribution in [2.24, 2.45) is 11.8 Å². The van der Waals surface area contributed by atoms with Gasteiger partial charge < -0.3 is 0 Å².